The quantitative estimate of drug-likeness (QED) is 0.374. The highest BCUT2D eigenvalue weighted by Gasteiger charge is 2.29. The van der Waals surface area contributed by atoms with Crippen molar-refractivity contribution in [1.29, 1.82) is 0 Å². The van der Waals surface area contributed by atoms with E-state index in [1.807, 2.05) is 27.7 Å². The lowest BCUT2D eigenvalue weighted by Gasteiger charge is -2.25. The Morgan fingerprint density at radius 2 is 1.78 bits per heavy atom. The number of rotatable bonds is 12. The summed E-state index contributed by atoms with van der Waals surface area (Å²) in [7, 11) is 0. The minimum atomic E-state index is -1.35. The summed E-state index contributed by atoms with van der Waals surface area (Å²) in [6.07, 6.45) is 3.08. The van der Waals surface area contributed by atoms with Gasteiger partial charge < -0.3 is 20.9 Å². The standard InChI is InChI=1S/C17H34N2O4/c1-5-7-9-14(15(20)17(22)23-10-8-6-2)19-16(21)13(18)11-12(3)4/h12-15,20H,5-11,18H2,1-4H3,(H,19,21)/t13-,14-,15?/m0/s1. The molecule has 136 valence electrons. The van der Waals surface area contributed by atoms with Crippen molar-refractivity contribution in [1.82, 2.24) is 5.32 Å². The molecule has 6 heteroatoms. The number of nitrogens with two attached hydrogens (primary N) is 1. The molecule has 0 radical (unpaired) electrons. The van der Waals surface area contributed by atoms with Gasteiger partial charge in [-0.2, -0.15) is 0 Å². The topological polar surface area (TPSA) is 102 Å². The largest absolute Gasteiger partial charge is 0.464 e. The highest BCUT2D eigenvalue weighted by Crippen LogP contribution is 2.09. The average Bonchev–Trinajstić information content (AvgIpc) is 2.49. The van der Waals surface area contributed by atoms with Crippen LogP contribution >= 0.6 is 0 Å². The highest BCUT2D eigenvalue weighted by atomic mass is 16.5. The zero-order chi connectivity index (χ0) is 17.8. The number of ether oxygens (including phenoxy) is 1. The Balaban J connectivity index is 4.65. The molecule has 0 aliphatic rings. The van der Waals surface area contributed by atoms with E-state index in [4.69, 9.17) is 10.5 Å². The molecule has 0 fully saturated rings. The van der Waals surface area contributed by atoms with Crippen molar-refractivity contribution in [3.05, 3.63) is 0 Å². The molecule has 0 rings (SSSR count). The number of esters is 1. The molecule has 0 aromatic carbocycles. The molecule has 4 N–H and O–H groups in total. The first-order valence-corrected chi connectivity index (χ1v) is 8.74. The van der Waals surface area contributed by atoms with Crippen LogP contribution in [0.4, 0.5) is 0 Å². The third-order valence-corrected chi connectivity index (χ3v) is 3.62. The Kier molecular flexibility index (Phi) is 11.7. The maximum atomic E-state index is 12.1. The van der Waals surface area contributed by atoms with E-state index < -0.39 is 24.2 Å². The Morgan fingerprint density at radius 1 is 1.17 bits per heavy atom. The van der Waals surface area contributed by atoms with Crippen molar-refractivity contribution in [2.45, 2.75) is 84.4 Å². The predicted molar refractivity (Wildman–Crippen MR) is 90.8 cm³/mol. The fraction of sp³-hybridized carbons (Fsp3) is 0.882. The van der Waals surface area contributed by atoms with E-state index >= 15 is 0 Å². The SMILES string of the molecule is CCCCOC(=O)C(O)[C@H](CCCC)NC(=O)[C@@H](N)CC(C)C. The summed E-state index contributed by atoms with van der Waals surface area (Å²) in [5.74, 6) is -0.716. The molecule has 0 heterocycles. The number of aliphatic hydroxyl groups is 1. The van der Waals surface area contributed by atoms with E-state index in [1.54, 1.807) is 0 Å². The number of carbonyl (C=O) groups excluding carboxylic acids is 2. The summed E-state index contributed by atoms with van der Waals surface area (Å²) in [5.41, 5.74) is 5.86. The van der Waals surface area contributed by atoms with Gasteiger partial charge >= 0.3 is 5.97 Å². The van der Waals surface area contributed by atoms with Gasteiger partial charge in [-0.3, -0.25) is 4.79 Å². The van der Waals surface area contributed by atoms with Crippen LogP contribution < -0.4 is 11.1 Å². The van der Waals surface area contributed by atoms with Crippen LogP contribution in [0.3, 0.4) is 0 Å². The molecule has 3 atom stereocenters. The molecule has 0 aliphatic heterocycles. The third-order valence-electron chi connectivity index (χ3n) is 3.62. The number of amides is 1. The number of aliphatic hydroxyl groups excluding tert-OH is 1. The minimum absolute atomic E-state index is 0.285. The van der Waals surface area contributed by atoms with Gasteiger partial charge in [0.2, 0.25) is 5.91 Å². The summed E-state index contributed by atoms with van der Waals surface area (Å²) in [6.45, 7) is 8.26. The molecule has 6 nitrogen and oxygen atoms in total. The third kappa shape index (κ3) is 9.56. The monoisotopic (exact) mass is 330 g/mol. The van der Waals surface area contributed by atoms with Gasteiger partial charge in [0, 0.05) is 0 Å². The van der Waals surface area contributed by atoms with Crippen LogP contribution in [0.15, 0.2) is 0 Å². The molecule has 1 amide bonds. The van der Waals surface area contributed by atoms with Crippen molar-refractivity contribution in [3.8, 4) is 0 Å². The minimum Gasteiger partial charge on any atom is -0.464 e. The van der Waals surface area contributed by atoms with Crippen LogP contribution in [0, 0.1) is 5.92 Å². The molecule has 0 aliphatic carbocycles. The Hall–Kier alpha value is -1.14. The van der Waals surface area contributed by atoms with Gasteiger partial charge in [-0.05, 0) is 25.2 Å². The van der Waals surface area contributed by atoms with Crippen LogP contribution in [0.5, 0.6) is 0 Å². The van der Waals surface area contributed by atoms with E-state index in [1.165, 1.54) is 0 Å². The van der Waals surface area contributed by atoms with Crippen molar-refractivity contribution >= 4 is 11.9 Å². The van der Waals surface area contributed by atoms with Crippen molar-refractivity contribution in [2.75, 3.05) is 6.61 Å². The lowest BCUT2D eigenvalue weighted by Crippen LogP contribution is -2.52. The van der Waals surface area contributed by atoms with Crippen molar-refractivity contribution in [3.63, 3.8) is 0 Å². The fourth-order valence-electron chi connectivity index (χ4n) is 2.20. The lowest BCUT2D eigenvalue weighted by atomic mass is 10.0. The Morgan fingerprint density at radius 3 is 2.30 bits per heavy atom. The smallest absolute Gasteiger partial charge is 0.337 e. The zero-order valence-corrected chi connectivity index (χ0v) is 15.0. The maximum absolute atomic E-state index is 12.1. The fourth-order valence-corrected chi connectivity index (χ4v) is 2.20. The van der Waals surface area contributed by atoms with Crippen molar-refractivity contribution in [2.24, 2.45) is 11.7 Å². The van der Waals surface area contributed by atoms with Crippen LogP contribution in [-0.2, 0) is 14.3 Å². The van der Waals surface area contributed by atoms with E-state index in [-0.39, 0.29) is 12.5 Å². The number of hydrogen-bond donors (Lipinski definition) is 3. The highest BCUT2D eigenvalue weighted by molar-refractivity contribution is 5.83. The number of nitrogens with one attached hydrogen (secondary N) is 1. The van der Waals surface area contributed by atoms with Gasteiger partial charge in [0.25, 0.3) is 0 Å². The van der Waals surface area contributed by atoms with Crippen LogP contribution in [0.1, 0.15) is 66.2 Å². The first-order chi connectivity index (χ1) is 10.8. The van der Waals surface area contributed by atoms with E-state index in [0.717, 1.165) is 25.7 Å². The summed E-state index contributed by atoms with van der Waals surface area (Å²) >= 11 is 0. The maximum Gasteiger partial charge on any atom is 0.337 e. The molecule has 23 heavy (non-hydrogen) atoms. The molecular formula is C17H34N2O4. The first kappa shape index (κ1) is 21.9. The summed E-state index contributed by atoms with van der Waals surface area (Å²) in [5, 5.41) is 12.9. The molecule has 0 bridgehead atoms. The number of carbonyl (C=O) groups is 2. The van der Waals surface area contributed by atoms with Gasteiger partial charge in [-0.1, -0.05) is 47.0 Å². The normalized spacial score (nSPS) is 15.1. The molecule has 0 aromatic rings. The van der Waals surface area contributed by atoms with Crippen LogP contribution in [0.25, 0.3) is 0 Å². The van der Waals surface area contributed by atoms with E-state index in [9.17, 15) is 14.7 Å². The first-order valence-electron chi connectivity index (χ1n) is 8.74. The summed E-state index contributed by atoms with van der Waals surface area (Å²) in [6, 6.07) is -1.29. The average molecular weight is 330 g/mol. The molecule has 0 saturated carbocycles. The van der Waals surface area contributed by atoms with Gasteiger partial charge in [0.1, 0.15) is 0 Å². The number of hydrogen-bond acceptors (Lipinski definition) is 5. The van der Waals surface area contributed by atoms with E-state index in [2.05, 4.69) is 5.32 Å². The van der Waals surface area contributed by atoms with Crippen LogP contribution in [0.2, 0.25) is 0 Å². The summed E-state index contributed by atoms with van der Waals surface area (Å²) in [4.78, 5) is 24.0. The predicted octanol–water partition coefficient (Wildman–Crippen LogP) is 1.74. The second-order valence-corrected chi connectivity index (χ2v) is 6.46. The second-order valence-electron chi connectivity index (χ2n) is 6.46. The van der Waals surface area contributed by atoms with Crippen molar-refractivity contribution < 1.29 is 19.4 Å². The lowest BCUT2D eigenvalue weighted by molar-refractivity contribution is -0.155. The molecule has 0 aromatic heterocycles. The molecular weight excluding hydrogens is 296 g/mol. The van der Waals surface area contributed by atoms with E-state index in [0.29, 0.717) is 18.8 Å². The molecule has 1 unspecified atom stereocenters. The second kappa shape index (κ2) is 12.3. The summed E-state index contributed by atoms with van der Waals surface area (Å²) < 4.78 is 5.04. The van der Waals surface area contributed by atoms with Gasteiger partial charge in [-0.15, -0.1) is 0 Å². The van der Waals surface area contributed by atoms with Gasteiger partial charge in [0.05, 0.1) is 18.7 Å². The zero-order valence-electron chi connectivity index (χ0n) is 15.0. The molecule has 0 saturated heterocycles. The Bertz CT molecular complexity index is 347. The van der Waals surface area contributed by atoms with Gasteiger partial charge in [0.15, 0.2) is 6.10 Å². The van der Waals surface area contributed by atoms with Gasteiger partial charge in [-0.25, -0.2) is 4.79 Å². The number of unbranched alkanes of at least 4 members (excludes halogenated alkanes) is 2. The Labute approximate surface area is 140 Å². The van der Waals surface area contributed by atoms with Crippen LogP contribution in [-0.4, -0.2) is 41.8 Å². The molecule has 0 spiro atoms.